The van der Waals surface area contributed by atoms with Crippen LogP contribution in [0, 0.1) is 0 Å². The highest BCUT2D eigenvalue weighted by Gasteiger charge is 2.16. The summed E-state index contributed by atoms with van der Waals surface area (Å²) in [5.74, 6) is 1.37. The van der Waals surface area contributed by atoms with Crippen LogP contribution in [-0.2, 0) is 11.3 Å². The Labute approximate surface area is 159 Å². The van der Waals surface area contributed by atoms with Crippen molar-refractivity contribution in [2.75, 3.05) is 19.5 Å². The maximum absolute atomic E-state index is 12.5. The van der Waals surface area contributed by atoms with Crippen molar-refractivity contribution < 1.29 is 19.6 Å². The summed E-state index contributed by atoms with van der Waals surface area (Å²) in [5.41, 5.74) is 1.88. The Morgan fingerprint density at radius 3 is 2.44 bits per heavy atom. The number of quaternary nitrogens is 1. The number of fused-ring (bicyclic) bond motifs is 1. The van der Waals surface area contributed by atoms with E-state index < -0.39 is 0 Å². The number of carbonyl (C=O) groups excluding carboxylic acids is 1. The molecule has 0 aliphatic carbocycles. The van der Waals surface area contributed by atoms with Gasteiger partial charge in [0.25, 0.3) is 5.91 Å². The van der Waals surface area contributed by atoms with Crippen molar-refractivity contribution in [1.29, 1.82) is 0 Å². The molecule has 140 valence electrons. The molecule has 3 aromatic rings. The van der Waals surface area contributed by atoms with Crippen LogP contribution < -0.4 is 20.1 Å². The van der Waals surface area contributed by atoms with E-state index in [9.17, 15) is 4.79 Å². The second kappa shape index (κ2) is 8.56. The molecule has 0 aliphatic rings. The molecule has 0 saturated carbocycles. The molecule has 5 heteroatoms. The van der Waals surface area contributed by atoms with Gasteiger partial charge < -0.3 is 20.1 Å². The van der Waals surface area contributed by atoms with Gasteiger partial charge in [-0.1, -0.05) is 30.3 Å². The molecule has 27 heavy (non-hydrogen) atoms. The zero-order chi connectivity index (χ0) is 19.2. The first-order valence-electron chi connectivity index (χ1n) is 8.94. The molecule has 1 atom stereocenters. The van der Waals surface area contributed by atoms with E-state index in [1.54, 1.807) is 14.2 Å². The molecular weight excluding hydrogens is 340 g/mol. The van der Waals surface area contributed by atoms with Gasteiger partial charge in [-0.05, 0) is 48.0 Å². The number of nitrogens with two attached hydrogens (primary N) is 1. The number of ether oxygens (including phenoxy) is 2. The van der Waals surface area contributed by atoms with Crippen molar-refractivity contribution in [3.63, 3.8) is 0 Å². The summed E-state index contributed by atoms with van der Waals surface area (Å²) in [4.78, 5) is 12.5. The Hall–Kier alpha value is -3.05. The summed E-state index contributed by atoms with van der Waals surface area (Å²) >= 11 is 0. The standard InChI is InChI=1S/C22H24N2O3/c1-15(23-14-16-8-11-20(26-2)21(12-16)27-3)22(25)24-19-10-9-17-6-4-5-7-18(17)13-19/h4-13,15,23H,14H2,1-3H3,(H,24,25)/p+1/t15-/m0/s1. The fourth-order valence-corrected chi connectivity index (χ4v) is 2.95. The molecule has 3 aromatic carbocycles. The van der Waals surface area contributed by atoms with Gasteiger partial charge in [0.15, 0.2) is 17.5 Å². The number of nitrogens with one attached hydrogen (secondary N) is 1. The highest BCUT2D eigenvalue weighted by molar-refractivity contribution is 5.96. The second-order valence-electron chi connectivity index (χ2n) is 6.47. The number of rotatable bonds is 7. The fraction of sp³-hybridized carbons (Fsp3) is 0.227. The van der Waals surface area contributed by atoms with E-state index in [0.29, 0.717) is 18.0 Å². The summed E-state index contributed by atoms with van der Waals surface area (Å²) in [5, 5.41) is 7.26. The normalized spacial score (nSPS) is 11.8. The van der Waals surface area contributed by atoms with E-state index >= 15 is 0 Å². The average Bonchev–Trinajstić information content (AvgIpc) is 2.71. The van der Waals surface area contributed by atoms with Crippen molar-refractivity contribution in [3.05, 3.63) is 66.2 Å². The molecule has 3 N–H and O–H groups in total. The zero-order valence-corrected chi connectivity index (χ0v) is 15.9. The molecule has 0 fully saturated rings. The number of methoxy groups -OCH3 is 2. The minimum atomic E-state index is -0.218. The molecular formula is C22H25N2O3+. The van der Waals surface area contributed by atoms with Crippen molar-refractivity contribution in [2.45, 2.75) is 19.5 Å². The molecule has 0 heterocycles. The van der Waals surface area contributed by atoms with Gasteiger partial charge >= 0.3 is 0 Å². The summed E-state index contributed by atoms with van der Waals surface area (Å²) in [7, 11) is 3.23. The van der Waals surface area contributed by atoms with Crippen molar-refractivity contribution in [3.8, 4) is 11.5 Å². The molecule has 0 bridgehead atoms. The minimum absolute atomic E-state index is 0.0224. The van der Waals surface area contributed by atoms with Crippen molar-refractivity contribution in [2.24, 2.45) is 0 Å². The molecule has 5 nitrogen and oxygen atoms in total. The average molecular weight is 365 g/mol. The molecule has 1 amide bonds. The van der Waals surface area contributed by atoms with Gasteiger partial charge in [-0.2, -0.15) is 0 Å². The quantitative estimate of drug-likeness (QED) is 0.677. The van der Waals surface area contributed by atoms with Crippen LogP contribution in [0.2, 0.25) is 0 Å². The first kappa shape index (κ1) is 18.7. The van der Waals surface area contributed by atoms with E-state index in [2.05, 4.69) is 11.4 Å². The summed E-state index contributed by atoms with van der Waals surface area (Å²) in [6.07, 6.45) is 0. The lowest BCUT2D eigenvalue weighted by atomic mass is 10.1. The molecule has 0 spiro atoms. The molecule has 0 aromatic heterocycles. The number of amides is 1. The molecule has 3 rings (SSSR count). The number of carbonyl (C=O) groups is 1. The lowest BCUT2D eigenvalue weighted by molar-refractivity contribution is -0.688. The molecule has 0 aliphatic heterocycles. The highest BCUT2D eigenvalue weighted by atomic mass is 16.5. The van der Waals surface area contributed by atoms with Crippen LogP contribution in [-0.4, -0.2) is 26.2 Å². The molecule has 0 radical (unpaired) electrons. The van der Waals surface area contributed by atoms with Gasteiger partial charge in [0.2, 0.25) is 0 Å². The third-order valence-corrected chi connectivity index (χ3v) is 4.59. The highest BCUT2D eigenvalue weighted by Crippen LogP contribution is 2.27. The monoisotopic (exact) mass is 365 g/mol. The number of benzene rings is 3. The number of hydrogen-bond donors (Lipinski definition) is 2. The Morgan fingerprint density at radius 1 is 0.963 bits per heavy atom. The number of hydrogen-bond acceptors (Lipinski definition) is 3. The van der Waals surface area contributed by atoms with Crippen LogP contribution >= 0.6 is 0 Å². The van der Waals surface area contributed by atoms with E-state index in [4.69, 9.17) is 9.47 Å². The summed E-state index contributed by atoms with van der Waals surface area (Å²) < 4.78 is 10.6. The van der Waals surface area contributed by atoms with E-state index in [-0.39, 0.29) is 11.9 Å². The predicted molar refractivity (Wildman–Crippen MR) is 107 cm³/mol. The van der Waals surface area contributed by atoms with Crippen LogP contribution in [0.3, 0.4) is 0 Å². The van der Waals surface area contributed by atoms with Gasteiger partial charge in [-0.25, -0.2) is 0 Å². The van der Waals surface area contributed by atoms with Crippen LogP contribution in [0.1, 0.15) is 12.5 Å². The topological polar surface area (TPSA) is 64.2 Å². The third-order valence-electron chi connectivity index (χ3n) is 4.59. The van der Waals surface area contributed by atoms with E-state index in [0.717, 1.165) is 22.0 Å². The van der Waals surface area contributed by atoms with E-state index in [1.165, 1.54) is 0 Å². The fourth-order valence-electron chi connectivity index (χ4n) is 2.95. The van der Waals surface area contributed by atoms with Crippen molar-refractivity contribution >= 4 is 22.4 Å². The lowest BCUT2D eigenvalue weighted by Crippen LogP contribution is -2.90. The lowest BCUT2D eigenvalue weighted by Gasteiger charge is -2.13. The second-order valence-corrected chi connectivity index (χ2v) is 6.47. The van der Waals surface area contributed by atoms with Crippen LogP contribution in [0.25, 0.3) is 10.8 Å². The van der Waals surface area contributed by atoms with Crippen LogP contribution in [0.15, 0.2) is 60.7 Å². The third kappa shape index (κ3) is 4.57. The molecule has 0 saturated heterocycles. The Bertz CT molecular complexity index is 940. The van der Waals surface area contributed by atoms with Gasteiger partial charge in [-0.3, -0.25) is 4.79 Å². The van der Waals surface area contributed by atoms with Gasteiger partial charge in [0.1, 0.15) is 6.54 Å². The van der Waals surface area contributed by atoms with Crippen LogP contribution in [0.4, 0.5) is 5.69 Å². The SMILES string of the molecule is COc1ccc(C[NH2+][C@@H](C)C(=O)Nc2ccc3ccccc3c2)cc1OC. The Morgan fingerprint density at radius 2 is 1.70 bits per heavy atom. The van der Waals surface area contributed by atoms with Gasteiger partial charge in [-0.15, -0.1) is 0 Å². The summed E-state index contributed by atoms with van der Waals surface area (Å²) in [6, 6.07) is 19.6. The zero-order valence-electron chi connectivity index (χ0n) is 15.9. The Kier molecular flexibility index (Phi) is 5.94. The maximum Gasteiger partial charge on any atom is 0.282 e. The largest absolute Gasteiger partial charge is 0.493 e. The summed E-state index contributed by atoms with van der Waals surface area (Å²) in [6.45, 7) is 2.57. The van der Waals surface area contributed by atoms with E-state index in [1.807, 2.05) is 66.8 Å². The van der Waals surface area contributed by atoms with Crippen LogP contribution in [0.5, 0.6) is 11.5 Å². The first-order chi connectivity index (χ1) is 13.1. The smallest absolute Gasteiger partial charge is 0.282 e. The predicted octanol–water partition coefficient (Wildman–Crippen LogP) is 2.95. The number of anilines is 1. The Balaban J connectivity index is 1.60. The molecule has 0 unspecified atom stereocenters. The van der Waals surface area contributed by atoms with Crippen molar-refractivity contribution in [1.82, 2.24) is 0 Å². The first-order valence-corrected chi connectivity index (χ1v) is 8.94. The maximum atomic E-state index is 12.5. The minimum Gasteiger partial charge on any atom is -0.493 e. The van der Waals surface area contributed by atoms with Gasteiger partial charge in [0.05, 0.1) is 14.2 Å². The van der Waals surface area contributed by atoms with Gasteiger partial charge in [0, 0.05) is 11.3 Å².